The van der Waals surface area contributed by atoms with E-state index < -0.39 is 10.0 Å². The Morgan fingerprint density at radius 3 is 2.72 bits per heavy atom. The second kappa shape index (κ2) is 8.36. The first kappa shape index (κ1) is 19.6. The molecule has 1 aliphatic rings. The van der Waals surface area contributed by atoms with Crippen molar-refractivity contribution in [3.63, 3.8) is 0 Å². The monoisotopic (exact) mass is 414 g/mol. The Labute approximate surface area is 169 Å². The van der Waals surface area contributed by atoms with Crippen molar-refractivity contribution in [3.8, 4) is 0 Å². The Kier molecular flexibility index (Phi) is 5.66. The maximum atomic E-state index is 12.8. The van der Waals surface area contributed by atoms with E-state index in [2.05, 4.69) is 4.98 Å². The summed E-state index contributed by atoms with van der Waals surface area (Å²) in [5.74, 6) is -0.365. The molecule has 2 aromatic carbocycles. The van der Waals surface area contributed by atoms with Crippen LogP contribution in [0.25, 0.3) is 10.9 Å². The third-order valence-corrected chi connectivity index (χ3v) is 6.81. The Morgan fingerprint density at radius 1 is 1.10 bits per heavy atom. The predicted octanol–water partition coefficient (Wildman–Crippen LogP) is 2.47. The zero-order chi connectivity index (χ0) is 20.3. The molecule has 2 heterocycles. The number of nitrogens with zero attached hydrogens (tertiary/aromatic N) is 1. The highest BCUT2D eigenvalue weighted by Crippen LogP contribution is 2.20. The number of benzene rings is 2. The molecule has 0 saturated carbocycles. The number of para-hydroxylation sites is 1. The average molecular weight is 414 g/mol. The maximum Gasteiger partial charge on any atom is 0.310 e. The first-order valence-electron chi connectivity index (χ1n) is 9.41. The third kappa shape index (κ3) is 4.34. The van der Waals surface area contributed by atoms with Gasteiger partial charge in [0.1, 0.15) is 6.61 Å². The van der Waals surface area contributed by atoms with Crippen molar-refractivity contribution in [1.29, 1.82) is 0 Å². The van der Waals surface area contributed by atoms with Crippen molar-refractivity contribution < 1.29 is 22.7 Å². The number of carbonyl (C=O) groups is 1. The van der Waals surface area contributed by atoms with Gasteiger partial charge in [0.25, 0.3) is 0 Å². The average Bonchev–Trinajstić information content (AvgIpc) is 3.16. The van der Waals surface area contributed by atoms with Crippen LogP contribution in [0.1, 0.15) is 11.1 Å². The summed E-state index contributed by atoms with van der Waals surface area (Å²) in [5, 5.41) is 0.989. The van der Waals surface area contributed by atoms with Crippen LogP contribution in [-0.4, -0.2) is 50.0 Å². The number of hydrogen-bond donors (Lipinski definition) is 1. The molecule has 0 unspecified atom stereocenters. The van der Waals surface area contributed by atoms with E-state index in [9.17, 15) is 13.2 Å². The van der Waals surface area contributed by atoms with Gasteiger partial charge in [-0.1, -0.05) is 30.3 Å². The van der Waals surface area contributed by atoms with Gasteiger partial charge >= 0.3 is 5.97 Å². The highest BCUT2D eigenvalue weighted by molar-refractivity contribution is 7.89. The number of nitrogens with one attached hydrogen (secondary N) is 1. The molecule has 1 saturated heterocycles. The minimum Gasteiger partial charge on any atom is -0.461 e. The first-order valence-corrected chi connectivity index (χ1v) is 10.9. The van der Waals surface area contributed by atoms with Crippen LogP contribution in [0, 0.1) is 0 Å². The van der Waals surface area contributed by atoms with E-state index >= 15 is 0 Å². The minimum atomic E-state index is -3.58. The second-order valence-electron chi connectivity index (χ2n) is 6.86. The molecule has 8 heteroatoms. The van der Waals surface area contributed by atoms with E-state index in [1.807, 2.05) is 30.5 Å². The number of aromatic nitrogens is 1. The molecule has 1 fully saturated rings. The number of esters is 1. The summed E-state index contributed by atoms with van der Waals surface area (Å²) in [4.78, 5) is 15.6. The van der Waals surface area contributed by atoms with Crippen molar-refractivity contribution in [3.05, 3.63) is 65.9 Å². The maximum absolute atomic E-state index is 12.8. The van der Waals surface area contributed by atoms with Gasteiger partial charge in [-0.3, -0.25) is 4.79 Å². The zero-order valence-corrected chi connectivity index (χ0v) is 16.7. The fourth-order valence-electron chi connectivity index (χ4n) is 3.38. The van der Waals surface area contributed by atoms with Gasteiger partial charge in [-0.25, -0.2) is 8.42 Å². The molecule has 7 nitrogen and oxygen atoms in total. The third-order valence-electron chi connectivity index (χ3n) is 4.92. The molecule has 0 radical (unpaired) electrons. The van der Waals surface area contributed by atoms with Gasteiger partial charge in [-0.2, -0.15) is 4.31 Å². The molecule has 4 rings (SSSR count). The largest absolute Gasteiger partial charge is 0.461 e. The SMILES string of the molecule is O=C(Cc1c[nH]c2ccccc12)OCc1cccc(S(=O)(=O)N2CCOCC2)c1. The number of morpholine rings is 1. The number of sulfonamides is 1. The molecule has 152 valence electrons. The smallest absolute Gasteiger partial charge is 0.310 e. The summed E-state index contributed by atoms with van der Waals surface area (Å²) in [6.45, 7) is 1.49. The fourth-order valence-corrected chi connectivity index (χ4v) is 4.86. The predicted molar refractivity (Wildman–Crippen MR) is 108 cm³/mol. The quantitative estimate of drug-likeness (QED) is 0.626. The first-order chi connectivity index (χ1) is 14.0. The van der Waals surface area contributed by atoms with Crippen molar-refractivity contribution in [2.75, 3.05) is 26.3 Å². The number of rotatable bonds is 6. The lowest BCUT2D eigenvalue weighted by molar-refractivity contribution is -0.144. The lowest BCUT2D eigenvalue weighted by atomic mass is 10.1. The van der Waals surface area contributed by atoms with Gasteiger partial charge in [-0.05, 0) is 29.3 Å². The summed E-state index contributed by atoms with van der Waals surface area (Å²) in [6.07, 6.45) is 1.96. The van der Waals surface area contributed by atoms with Crippen LogP contribution in [0.5, 0.6) is 0 Å². The minimum absolute atomic E-state index is 0.0215. The number of hydrogen-bond acceptors (Lipinski definition) is 5. The van der Waals surface area contributed by atoms with Crippen molar-refractivity contribution >= 4 is 26.9 Å². The van der Waals surface area contributed by atoms with Crippen molar-refractivity contribution in [2.24, 2.45) is 0 Å². The van der Waals surface area contributed by atoms with Crippen LogP contribution in [0.4, 0.5) is 0 Å². The summed E-state index contributed by atoms with van der Waals surface area (Å²) < 4.78 is 37.6. The van der Waals surface area contributed by atoms with Crippen LogP contribution in [0.15, 0.2) is 59.6 Å². The number of aromatic amines is 1. The van der Waals surface area contributed by atoms with Crippen LogP contribution >= 0.6 is 0 Å². The molecular formula is C21H22N2O5S. The topological polar surface area (TPSA) is 88.7 Å². The molecular weight excluding hydrogens is 392 g/mol. The molecule has 0 bridgehead atoms. The summed E-state index contributed by atoms with van der Waals surface area (Å²) in [6, 6.07) is 14.3. The highest BCUT2D eigenvalue weighted by Gasteiger charge is 2.26. The van der Waals surface area contributed by atoms with Gasteiger partial charge in [0.2, 0.25) is 10.0 Å². The Balaban J connectivity index is 1.41. The second-order valence-corrected chi connectivity index (χ2v) is 8.80. The molecule has 1 N–H and O–H groups in total. The van der Waals surface area contributed by atoms with E-state index in [1.165, 1.54) is 4.31 Å². The highest BCUT2D eigenvalue weighted by atomic mass is 32.2. The standard InChI is InChI=1S/C21H22N2O5S/c24-21(13-17-14-22-20-7-2-1-6-19(17)20)28-15-16-4-3-5-18(12-16)29(25,26)23-8-10-27-11-9-23/h1-7,12,14,22H,8-11,13,15H2. The molecule has 3 aromatic rings. The Bertz CT molecular complexity index is 1120. The van der Waals surface area contributed by atoms with Gasteiger partial charge in [0.15, 0.2) is 0 Å². The summed E-state index contributed by atoms with van der Waals surface area (Å²) in [5.41, 5.74) is 2.47. The number of carbonyl (C=O) groups excluding carboxylic acids is 1. The summed E-state index contributed by atoms with van der Waals surface area (Å²) in [7, 11) is -3.58. The molecule has 0 spiro atoms. The van der Waals surface area contributed by atoms with Crippen LogP contribution in [0.2, 0.25) is 0 Å². The Morgan fingerprint density at radius 2 is 1.90 bits per heavy atom. The molecule has 1 aromatic heterocycles. The van der Waals surface area contributed by atoms with Gasteiger partial charge in [0.05, 0.1) is 24.5 Å². The van der Waals surface area contributed by atoms with Gasteiger partial charge in [0, 0.05) is 30.2 Å². The van der Waals surface area contributed by atoms with E-state index in [0.717, 1.165) is 16.5 Å². The van der Waals surface area contributed by atoms with Crippen molar-refractivity contribution in [1.82, 2.24) is 9.29 Å². The van der Waals surface area contributed by atoms with Crippen LogP contribution in [0.3, 0.4) is 0 Å². The van der Waals surface area contributed by atoms with E-state index in [4.69, 9.17) is 9.47 Å². The molecule has 0 aliphatic carbocycles. The van der Waals surface area contributed by atoms with E-state index in [1.54, 1.807) is 24.3 Å². The van der Waals surface area contributed by atoms with Gasteiger partial charge in [-0.15, -0.1) is 0 Å². The zero-order valence-electron chi connectivity index (χ0n) is 15.8. The van der Waals surface area contributed by atoms with E-state index in [0.29, 0.717) is 31.9 Å². The molecule has 0 atom stereocenters. The molecule has 0 amide bonds. The fraction of sp³-hybridized carbons (Fsp3) is 0.286. The number of H-pyrrole nitrogens is 1. The lowest BCUT2D eigenvalue weighted by Crippen LogP contribution is -2.40. The number of ether oxygens (including phenoxy) is 2. The van der Waals surface area contributed by atoms with Crippen LogP contribution < -0.4 is 0 Å². The normalized spacial score (nSPS) is 15.4. The molecule has 1 aliphatic heterocycles. The molecule has 29 heavy (non-hydrogen) atoms. The lowest BCUT2D eigenvalue weighted by Gasteiger charge is -2.26. The van der Waals surface area contributed by atoms with Gasteiger partial charge < -0.3 is 14.5 Å². The van der Waals surface area contributed by atoms with E-state index in [-0.39, 0.29) is 23.9 Å². The van der Waals surface area contributed by atoms with Crippen LogP contribution in [-0.2, 0) is 37.3 Å². The summed E-state index contributed by atoms with van der Waals surface area (Å²) >= 11 is 0. The van der Waals surface area contributed by atoms with Crippen molar-refractivity contribution in [2.45, 2.75) is 17.9 Å². The number of fused-ring (bicyclic) bond motifs is 1. The Hall–Kier alpha value is -2.68.